The van der Waals surface area contributed by atoms with Crippen molar-refractivity contribution in [3.8, 4) is 0 Å². The molecule has 0 bridgehead atoms. The van der Waals surface area contributed by atoms with E-state index in [0.717, 1.165) is 25.7 Å². The molecule has 6 heteroatoms. The van der Waals surface area contributed by atoms with E-state index in [1.54, 1.807) is 0 Å². The maximum atomic E-state index is 12.8. The van der Waals surface area contributed by atoms with E-state index in [1.165, 1.54) is 0 Å². The summed E-state index contributed by atoms with van der Waals surface area (Å²) in [6.45, 7) is 3.99. The second kappa shape index (κ2) is 9.13. The fourth-order valence-corrected chi connectivity index (χ4v) is 5.49. The zero-order valence-electron chi connectivity index (χ0n) is 11.8. The van der Waals surface area contributed by atoms with E-state index in [0.29, 0.717) is 12.3 Å². The molecule has 0 heterocycles. The summed E-state index contributed by atoms with van der Waals surface area (Å²) in [4.78, 5) is 21.8. The molecule has 0 fully saturated rings. The van der Waals surface area contributed by atoms with Crippen molar-refractivity contribution in [2.45, 2.75) is 46.0 Å². The lowest BCUT2D eigenvalue weighted by Gasteiger charge is -2.21. The highest BCUT2D eigenvalue weighted by atomic mass is 31.2. The van der Waals surface area contributed by atoms with Gasteiger partial charge in [0.25, 0.3) is 0 Å². The Hall–Kier alpha value is -0.830. The molecule has 0 aromatic heterocycles. The van der Waals surface area contributed by atoms with Crippen LogP contribution in [0, 0.1) is 5.92 Å². The molecular formula is C13H25O5P. The normalized spacial score (nSPS) is 13.2. The van der Waals surface area contributed by atoms with Crippen molar-refractivity contribution in [3.63, 3.8) is 0 Å². The number of unbranched alkanes of at least 4 members (excludes halogenated alkanes) is 2. The Morgan fingerprint density at radius 1 is 1.05 bits per heavy atom. The number of rotatable bonds is 11. The largest absolute Gasteiger partial charge is 0.481 e. The van der Waals surface area contributed by atoms with E-state index in [1.807, 2.05) is 13.8 Å². The second-order valence-corrected chi connectivity index (χ2v) is 8.40. The molecule has 0 aliphatic carbocycles. The van der Waals surface area contributed by atoms with Gasteiger partial charge in [-0.2, -0.15) is 0 Å². The highest BCUT2D eigenvalue weighted by Crippen LogP contribution is 2.49. The highest BCUT2D eigenvalue weighted by molar-refractivity contribution is 7.63. The molecule has 0 radical (unpaired) electrons. The van der Waals surface area contributed by atoms with Gasteiger partial charge in [0.05, 0.1) is 19.5 Å². The summed E-state index contributed by atoms with van der Waals surface area (Å²) in [5, 5.41) is 17.8. The number of carbonyl (C=O) groups is 2. The van der Waals surface area contributed by atoms with Crippen molar-refractivity contribution >= 4 is 19.1 Å². The smallest absolute Gasteiger partial charge is 0.307 e. The first-order chi connectivity index (χ1) is 8.84. The van der Waals surface area contributed by atoms with E-state index in [2.05, 4.69) is 0 Å². The number of carboxylic acid groups (broad SMARTS) is 2. The Morgan fingerprint density at radius 3 is 1.84 bits per heavy atom. The third-order valence-corrected chi connectivity index (χ3v) is 6.53. The summed E-state index contributed by atoms with van der Waals surface area (Å²) in [7, 11) is -2.56. The molecule has 0 amide bonds. The van der Waals surface area contributed by atoms with Gasteiger partial charge in [-0.3, -0.25) is 9.59 Å². The molecule has 1 unspecified atom stereocenters. The van der Waals surface area contributed by atoms with Crippen LogP contribution in [0.25, 0.3) is 0 Å². The Morgan fingerprint density at radius 2 is 1.53 bits per heavy atom. The van der Waals surface area contributed by atoms with Crippen molar-refractivity contribution in [2.75, 3.05) is 18.5 Å². The zero-order chi connectivity index (χ0) is 14.9. The predicted octanol–water partition coefficient (Wildman–Crippen LogP) is 3.13. The molecule has 0 rings (SSSR count). The molecule has 2 N–H and O–H groups in total. The molecule has 0 saturated heterocycles. The standard InChI is InChI=1S/C13H25O5P/c1-3-5-7-19(18,8-6-4-2)10-11(13(16)17)9-12(14)15/h11H,3-10H2,1-2H3,(H,14,15)(H,16,17). The van der Waals surface area contributed by atoms with E-state index >= 15 is 0 Å². The van der Waals surface area contributed by atoms with Crippen molar-refractivity contribution in [1.82, 2.24) is 0 Å². The SMILES string of the molecule is CCCCP(=O)(CCCC)CC(CC(=O)O)C(=O)O. The molecular weight excluding hydrogens is 267 g/mol. The van der Waals surface area contributed by atoms with Gasteiger partial charge >= 0.3 is 11.9 Å². The Labute approximate surface area is 114 Å². The molecule has 0 aliphatic heterocycles. The monoisotopic (exact) mass is 292 g/mol. The fourth-order valence-electron chi connectivity index (χ4n) is 2.03. The lowest BCUT2D eigenvalue weighted by atomic mass is 10.1. The van der Waals surface area contributed by atoms with Gasteiger partial charge in [0.2, 0.25) is 0 Å². The van der Waals surface area contributed by atoms with Crippen LogP contribution in [-0.2, 0) is 14.2 Å². The van der Waals surface area contributed by atoms with E-state index in [4.69, 9.17) is 10.2 Å². The van der Waals surface area contributed by atoms with Gasteiger partial charge < -0.3 is 14.8 Å². The zero-order valence-corrected chi connectivity index (χ0v) is 12.7. The fraction of sp³-hybridized carbons (Fsp3) is 0.846. The minimum atomic E-state index is -2.56. The Balaban J connectivity index is 4.77. The minimum absolute atomic E-state index is 0.0225. The average molecular weight is 292 g/mol. The highest BCUT2D eigenvalue weighted by Gasteiger charge is 2.31. The topological polar surface area (TPSA) is 91.7 Å². The summed E-state index contributed by atoms with van der Waals surface area (Å²) >= 11 is 0. The van der Waals surface area contributed by atoms with Crippen LogP contribution in [0.3, 0.4) is 0 Å². The number of hydrogen-bond donors (Lipinski definition) is 2. The molecule has 0 aliphatic rings. The first-order valence-electron chi connectivity index (χ1n) is 6.86. The van der Waals surface area contributed by atoms with Crippen LogP contribution >= 0.6 is 7.14 Å². The second-order valence-electron chi connectivity index (χ2n) is 5.03. The minimum Gasteiger partial charge on any atom is -0.481 e. The summed E-state index contributed by atoms with van der Waals surface area (Å²) in [6.07, 6.45) is 4.08. The van der Waals surface area contributed by atoms with Crippen molar-refractivity contribution in [2.24, 2.45) is 5.92 Å². The van der Waals surface area contributed by atoms with Gasteiger partial charge in [0, 0.05) is 18.5 Å². The maximum Gasteiger partial charge on any atom is 0.307 e. The number of hydrogen-bond acceptors (Lipinski definition) is 3. The summed E-state index contributed by atoms with van der Waals surface area (Å²) in [6, 6.07) is 0. The quantitative estimate of drug-likeness (QED) is 0.571. The molecule has 0 saturated carbocycles. The van der Waals surface area contributed by atoms with Crippen molar-refractivity contribution in [1.29, 1.82) is 0 Å². The van der Waals surface area contributed by atoms with Gasteiger partial charge in [-0.05, 0) is 12.8 Å². The van der Waals surface area contributed by atoms with Gasteiger partial charge in [-0.25, -0.2) is 0 Å². The molecule has 0 aromatic rings. The van der Waals surface area contributed by atoms with Gasteiger partial charge in [0.15, 0.2) is 0 Å². The summed E-state index contributed by atoms with van der Waals surface area (Å²) < 4.78 is 12.8. The van der Waals surface area contributed by atoms with E-state index in [9.17, 15) is 14.2 Å². The van der Waals surface area contributed by atoms with Gasteiger partial charge in [0.1, 0.15) is 0 Å². The van der Waals surface area contributed by atoms with Crippen LogP contribution in [0.5, 0.6) is 0 Å². The molecule has 1 atom stereocenters. The summed E-state index contributed by atoms with van der Waals surface area (Å²) in [5.41, 5.74) is 0. The van der Waals surface area contributed by atoms with Crippen LogP contribution in [0.1, 0.15) is 46.0 Å². The van der Waals surface area contributed by atoms with Crippen LogP contribution in [0.2, 0.25) is 0 Å². The lowest BCUT2D eigenvalue weighted by molar-refractivity contribution is -0.147. The van der Waals surface area contributed by atoms with Crippen LogP contribution in [0.4, 0.5) is 0 Å². The molecule has 112 valence electrons. The number of aliphatic carboxylic acids is 2. The third kappa shape index (κ3) is 8.04. The predicted molar refractivity (Wildman–Crippen MR) is 75.4 cm³/mol. The van der Waals surface area contributed by atoms with Gasteiger partial charge in [-0.1, -0.05) is 26.7 Å². The Kier molecular flexibility index (Phi) is 8.73. The first-order valence-corrected chi connectivity index (χ1v) is 9.12. The molecule has 19 heavy (non-hydrogen) atoms. The molecule has 0 spiro atoms. The summed E-state index contributed by atoms with van der Waals surface area (Å²) in [5.74, 6) is -3.34. The lowest BCUT2D eigenvalue weighted by Crippen LogP contribution is -2.23. The van der Waals surface area contributed by atoms with Gasteiger partial charge in [-0.15, -0.1) is 0 Å². The third-order valence-electron chi connectivity index (χ3n) is 3.16. The van der Waals surface area contributed by atoms with Crippen molar-refractivity contribution in [3.05, 3.63) is 0 Å². The maximum absolute atomic E-state index is 12.8. The van der Waals surface area contributed by atoms with Crippen LogP contribution in [0.15, 0.2) is 0 Å². The van der Waals surface area contributed by atoms with E-state index in [-0.39, 0.29) is 6.16 Å². The van der Waals surface area contributed by atoms with Crippen molar-refractivity contribution < 1.29 is 24.4 Å². The van der Waals surface area contributed by atoms with Crippen LogP contribution < -0.4 is 0 Å². The molecule has 5 nitrogen and oxygen atoms in total. The molecule has 0 aromatic carbocycles. The number of carboxylic acids is 2. The van der Waals surface area contributed by atoms with E-state index < -0.39 is 31.4 Å². The van der Waals surface area contributed by atoms with Crippen LogP contribution in [-0.4, -0.2) is 40.6 Å². The Bertz CT molecular complexity index is 328. The first kappa shape index (κ1) is 18.2. The average Bonchev–Trinajstić information content (AvgIpc) is 2.33.